The predicted molar refractivity (Wildman–Crippen MR) is 83.1 cm³/mol. The molecule has 0 fully saturated rings. The summed E-state index contributed by atoms with van der Waals surface area (Å²) in [5.74, 6) is 0. The Hall–Kier alpha value is -2.27. The molecule has 2 aromatic heterocycles. The van der Waals surface area contributed by atoms with Crippen LogP contribution in [0.4, 0.5) is 0 Å². The summed E-state index contributed by atoms with van der Waals surface area (Å²) in [6.07, 6.45) is 9.27. The lowest BCUT2D eigenvalue weighted by Crippen LogP contribution is -2.34. The van der Waals surface area contributed by atoms with Crippen molar-refractivity contribution in [1.29, 1.82) is 0 Å². The van der Waals surface area contributed by atoms with E-state index in [-0.39, 0.29) is 0 Å². The molecule has 3 aromatic rings. The molecule has 104 valence electrons. The standard InChI is InChI=1S/C16H14BrN4/c17-15-6-4-14(5-7-15)13-20-11-8-18-12-16(20)19-21-9-2-1-3-10-21/h1-12H,13H2/q+1/b19-16+. The minimum atomic E-state index is 0.752. The molecule has 1 aromatic carbocycles. The molecule has 0 saturated heterocycles. The minimum Gasteiger partial charge on any atom is -0.321 e. The van der Waals surface area contributed by atoms with Crippen molar-refractivity contribution in [3.63, 3.8) is 0 Å². The third-order valence-electron chi connectivity index (χ3n) is 3.00. The molecule has 0 aliphatic rings. The highest BCUT2D eigenvalue weighted by molar-refractivity contribution is 9.10. The van der Waals surface area contributed by atoms with Gasteiger partial charge in [-0.25, -0.2) is 0 Å². The van der Waals surface area contributed by atoms with Gasteiger partial charge >= 0.3 is 0 Å². The number of benzene rings is 1. The quantitative estimate of drug-likeness (QED) is 0.673. The van der Waals surface area contributed by atoms with E-state index in [0.717, 1.165) is 16.5 Å². The number of aromatic nitrogens is 3. The average Bonchev–Trinajstić information content (AvgIpc) is 2.52. The molecule has 0 aliphatic heterocycles. The van der Waals surface area contributed by atoms with E-state index in [2.05, 4.69) is 42.7 Å². The van der Waals surface area contributed by atoms with Crippen LogP contribution in [-0.4, -0.2) is 9.55 Å². The summed E-state index contributed by atoms with van der Waals surface area (Å²) in [6, 6.07) is 14.1. The summed E-state index contributed by atoms with van der Waals surface area (Å²) in [7, 11) is 0. The highest BCUT2D eigenvalue weighted by Gasteiger charge is 2.00. The van der Waals surface area contributed by atoms with Crippen molar-refractivity contribution < 1.29 is 4.68 Å². The van der Waals surface area contributed by atoms with E-state index in [0.29, 0.717) is 0 Å². The SMILES string of the molecule is Brc1ccc(Cn2ccnc/c2=N\[n+]2ccccc2)cc1. The fraction of sp³-hybridized carbons (Fsp3) is 0.0625. The number of rotatable bonds is 3. The Morgan fingerprint density at radius 3 is 2.62 bits per heavy atom. The summed E-state index contributed by atoms with van der Waals surface area (Å²) >= 11 is 3.45. The van der Waals surface area contributed by atoms with Gasteiger partial charge in [0, 0.05) is 40.6 Å². The zero-order valence-corrected chi connectivity index (χ0v) is 12.9. The largest absolute Gasteiger partial charge is 0.321 e. The maximum atomic E-state index is 4.56. The smallest absolute Gasteiger partial charge is 0.219 e. The van der Waals surface area contributed by atoms with Crippen LogP contribution in [0.5, 0.6) is 0 Å². The maximum absolute atomic E-state index is 4.56. The minimum absolute atomic E-state index is 0.752. The van der Waals surface area contributed by atoms with E-state index in [4.69, 9.17) is 0 Å². The molecular formula is C16H14BrN4+. The maximum Gasteiger partial charge on any atom is 0.219 e. The molecule has 3 rings (SSSR count). The van der Waals surface area contributed by atoms with Gasteiger partial charge in [-0.2, -0.15) is 0 Å². The zero-order valence-electron chi connectivity index (χ0n) is 11.3. The molecule has 4 nitrogen and oxygen atoms in total. The number of pyridine rings is 1. The van der Waals surface area contributed by atoms with Crippen LogP contribution in [-0.2, 0) is 6.54 Å². The average molecular weight is 342 g/mol. The van der Waals surface area contributed by atoms with Gasteiger partial charge in [-0.05, 0) is 17.7 Å². The molecule has 0 spiro atoms. The van der Waals surface area contributed by atoms with Gasteiger partial charge in [-0.3, -0.25) is 4.98 Å². The monoisotopic (exact) mass is 341 g/mol. The molecule has 0 amide bonds. The summed E-state index contributed by atoms with van der Waals surface area (Å²) in [5.41, 5.74) is 2.01. The fourth-order valence-corrected chi connectivity index (χ4v) is 2.22. The van der Waals surface area contributed by atoms with Crippen LogP contribution >= 0.6 is 15.9 Å². The van der Waals surface area contributed by atoms with E-state index in [9.17, 15) is 0 Å². The second kappa shape index (κ2) is 6.45. The molecule has 0 saturated carbocycles. The van der Waals surface area contributed by atoms with Gasteiger partial charge in [-0.1, -0.05) is 38.8 Å². The lowest BCUT2D eigenvalue weighted by molar-refractivity contribution is -0.683. The summed E-state index contributed by atoms with van der Waals surface area (Å²) in [5, 5.41) is 4.56. The molecule has 0 unspecified atom stereocenters. The van der Waals surface area contributed by atoms with E-state index in [1.165, 1.54) is 5.56 Å². The van der Waals surface area contributed by atoms with E-state index >= 15 is 0 Å². The molecule has 0 radical (unpaired) electrons. The Bertz CT molecular complexity index is 779. The normalized spacial score (nSPS) is 11.6. The highest BCUT2D eigenvalue weighted by atomic mass is 79.9. The van der Waals surface area contributed by atoms with Crippen molar-refractivity contribution in [2.45, 2.75) is 6.54 Å². The van der Waals surface area contributed by atoms with E-state index < -0.39 is 0 Å². The third kappa shape index (κ3) is 3.64. The lowest BCUT2D eigenvalue weighted by Gasteiger charge is -2.05. The highest BCUT2D eigenvalue weighted by Crippen LogP contribution is 2.10. The van der Waals surface area contributed by atoms with E-state index in [1.54, 1.807) is 17.1 Å². The number of hydrogen-bond donors (Lipinski definition) is 0. The Balaban J connectivity index is 1.96. The molecule has 5 heteroatoms. The summed E-state index contributed by atoms with van der Waals surface area (Å²) < 4.78 is 4.92. The Morgan fingerprint density at radius 1 is 1.10 bits per heavy atom. The van der Waals surface area contributed by atoms with Crippen molar-refractivity contribution >= 4 is 15.9 Å². The van der Waals surface area contributed by atoms with Crippen LogP contribution < -0.4 is 10.2 Å². The van der Waals surface area contributed by atoms with Crippen LogP contribution in [0.1, 0.15) is 5.56 Å². The molecule has 0 N–H and O–H groups in total. The first-order chi connectivity index (χ1) is 10.3. The van der Waals surface area contributed by atoms with Gasteiger partial charge in [0.2, 0.25) is 17.9 Å². The summed E-state index contributed by atoms with van der Waals surface area (Å²) in [6.45, 7) is 0.752. The van der Waals surface area contributed by atoms with E-state index in [1.807, 2.05) is 48.9 Å². The second-order valence-corrected chi connectivity index (χ2v) is 5.46. The topological polar surface area (TPSA) is 34.1 Å². The van der Waals surface area contributed by atoms with Crippen LogP contribution in [0.15, 0.2) is 83.0 Å². The zero-order chi connectivity index (χ0) is 14.5. The van der Waals surface area contributed by atoms with Crippen molar-refractivity contribution in [1.82, 2.24) is 9.55 Å². The Morgan fingerprint density at radius 2 is 1.86 bits per heavy atom. The number of hydrogen-bond acceptors (Lipinski definition) is 2. The van der Waals surface area contributed by atoms with Crippen LogP contribution in [0.2, 0.25) is 0 Å². The molecule has 2 heterocycles. The van der Waals surface area contributed by atoms with Gasteiger partial charge in [0.25, 0.3) is 0 Å². The van der Waals surface area contributed by atoms with Crippen LogP contribution in [0.3, 0.4) is 0 Å². The molecule has 0 aliphatic carbocycles. The van der Waals surface area contributed by atoms with Gasteiger partial charge in [0.05, 0.1) is 6.20 Å². The molecular weight excluding hydrogens is 328 g/mol. The Kier molecular flexibility index (Phi) is 4.21. The molecule has 0 bridgehead atoms. The summed E-state index contributed by atoms with van der Waals surface area (Å²) in [4.78, 5) is 4.16. The Labute approximate surface area is 131 Å². The third-order valence-corrected chi connectivity index (χ3v) is 3.53. The van der Waals surface area contributed by atoms with Gasteiger partial charge in [0.1, 0.15) is 0 Å². The first-order valence-electron chi connectivity index (χ1n) is 6.57. The first-order valence-corrected chi connectivity index (χ1v) is 7.37. The van der Waals surface area contributed by atoms with Crippen molar-refractivity contribution in [2.75, 3.05) is 0 Å². The van der Waals surface area contributed by atoms with Crippen molar-refractivity contribution in [2.24, 2.45) is 5.10 Å². The molecule has 0 atom stereocenters. The van der Waals surface area contributed by atoms with Gasteiger partial charge < -0.3 is 4.57 Å². The number of halogens is 1. The predicted octanol–water partition coefficient (Wildman–Crippen LogP) is 2.35. The fourth-order valence-electron chi connectivity index (χ4n) is 1.96. The number of nitrogens with zero attached hydrogens (tertiary/aromatic N) is 4. The molecule has 21 heavy (non-hydrogen) atoms. The van der Waals surface area contributed by atoms with Crippen molar-refractivity contribution in [3.8, 4) is 0 Å². The van der Waals surface area contributed by atoms with Gasteiger partial charge in [-0.15, -0.1) is 0 Å². The first kappa shape index (κ1) is 13.7. The van der Waals surface area contributed by atoms with Gasteiger partial charge in [0.15, 0.2) is 0 Å². The second-order valence-electron chi connectivity index (χ2n) is 4.54. The van der Waals surface area contributed by atoms with Crippen LogP contribution in [0, 0.1) is 0 Å². The lowest BCUT2D eigenvalue weighted by atomic mass is 10.2. The van der Waals surface area contributed by atoms with Crippen molar-refractivity contribution in [3.05, 3.63) is 89.0 Å². The van der Waals surface area contributed by atoms with Crippen LogP contribution in [0.25, 0.3) is 0 Å².